The van der Waals surface area contributed by atoms with Crippen molar-refractivity contribution >= 4 is 21.7 Å². The van der Waals surface area contributed by atoms with Crippen LogP contribution in [0.1, 0.15) is 25.7 Å². The molecule has 26 heavy (non-hydrogen) atoms. The van der Waals surface area contributed by atoms with Gasteiger partial charge in [0.1, 0.15) is 0 Å². The summed E-state index contributed by atoms with van der Waals surface area (Å²) >= 11 is 0. The number of nitrogens with two attached hydrogens (primary N) is 1. The second kappa shape index (κ2) is 7.75. The zero-order chi connectivity index (χ0) is 18.7. The summed E-state index contributed by atoms with van der Waals surface area (Å²) < 4.78 is 30.5. The lowest BCUT2D eigenvalue weighted by atomic mass is 9.81. The molecule has 0 bridgehead atoms. The van der Waals surface area contributed by atoms with Gasteiger partial charge in [0.05, 0.1) is 29.4 Å². The van der Waals surface area contributed by atoms with Crippen molar-refractivity contribution in [3.05, 3.63) is 30.3 Å². The van der Waals surface area contributed by atoms with E-state index in [1.165, 1.54) is 12.1 Å². The van der Waals surface area contributed by atoms with E-state index >= 15 is 0 Å². The molecule has 0 aromatic heterocycles. The van der Waals surface area contributed by atoms with E-state index in [1.807, 2.05) is 0 Å². The summed E-state index contributed by atoms with van der Waals surface area (Å²) in [5.41, 5.74) is 5.43. The van der Waals surface area contributed by atoms with Crippen molar-refractivity contribution < 1.29 is 22.7 Å². The number of amides is 2. The number of fused-ring (bicyclic) bond motifs is 1. The Kier molecular flexibility index (Phi) is 5.62. The number of rotatable bonds is 5. The van der Waals surface area contributed by atoms with Gasteiger partial charge in [-0.05, 0) is 31.4 Å². The lowest BCUT2D eigenvalue weighted by Crippen LogP contribution is -2.57. The number of carbonyl (C=O) groups is 2. The Morgan fingerprint density at radius 2 is 1.92 bits per heavy atom. The monoisotopic (exact) mass is 380 g/mol. The summed E-state index contributed by atoms with van der Waals surface area (Å²) in [4.78, 5) is 26.1. The predicted molar refractivity (Wildman–Crippen MR) is 94.9 cm³/mol. The molecule has 1 aromatic carbocycles. The number of benzene rings is 1. The van der Waals surface area contributed by atoms with Crippen molar-refractivity contribution in [3.63, 3.8) is 0 Å². The molecule has 1 saturated carbocycles. The van der Waals surface area contributed by atoms with Crippen molar-refractivity contribution in [2.75, 3.05) is 18.9 Å². The SMILES string of the molecule is NC(=O)[C@H]1CC[C@H]2OCCN(C(=O)CCS(=O)(=O)c3ccccc3)[C@@H]2C1. The minimum absolute atomic E-state index is 0.0817. The smallest absolute Gasteiger partial charge is 0.224 e. The van der Waals surface area contributed by atoms with Crippen LogP contribution < -0.4 is 5.73 Å². The van der Waals surface area contributed by atoms with E-state index < -0.39 is 9.84 Å². The minimum Gasteiger partial charge on any atom is -0.374 e. The fourth-order valence-corrected chi connectivity index (χ4v) is 5.04. The van der Waals surface area contributed by atoms with Crippen LogP contribution in [0.3, 0.4) is 0 Å². The van der Waals surface area contributed by atoms with Gasteiger partial charge >= 0.3 is 0 Å². The van der Waals surface area contributed by atoms with Crippen molar-refractivity contribution in [3.8, 4) is 0 Å². The van der Waals surface area contributed by atoms with Crippen LogP contribution in [0.2, 0.25) is 0 Å². The largest absolute Gasteiger partial charge is 0.374 e. The van der Waals surface area contributed by atoms with Crippen molar-refractivity contribution in [2.24, 2.45) is 11.7 Å². The van der Waals surface area contributed by atoms with Gasteiger partial charge < -0.3 is 15.4 Å². The second-order valence-corrected chi connectivity index (χ2v) is 8.97. The number of nitrogens with zero attached hydrogens (tertiary/aromatic N) is 1. The molecular weight excluding hydrogens is 356 g/mol. The molecule has 7 nitrogen and oxygen atoms in total. The van der Waals surface area contributed by atoms with E-state index in [2.05, 4.69) is 0 Å². The van der Waals surface area contributed by atoms with Crippen LogP contribution in [0.4, 0.5) is 0 Å². The molecule has 3 rings (SSSR count). The van der Waals surface area contributed by atoms with Crippen molar-refractivity contribution in [1.29, 1.82) is 0 Å². The maximum Gasteiger partial charge on any atom is 0.224 e. The Morgan fingerprint density at radius 3 is 2.62 bits per heavy atom. The zero-order valence-electron chi connectivity index (χ0n) is 14.5. The summed E-state index contributed by atoms with van der Waals surface area (Å²) in [5, 5.41) is 0. The highest BCUT2D eigenvalue weighted by Crippen LogP contribution is 2.32. The van der Waals surface area contributed by atoms with Crippen LogP contribution in [0.15, 0.2) is 35.2 Å². The van der Waals surface area contributed by atoms with Gasteiger partial charge in [-0.15, -0.1) is 0 Å². The predicted octanol–water partition coefficient (Wildman–Crippen LogP) is 0.732. The van der Waals surface area contributed by atoms with E-state index in [0.29, 0.717) is 32.4 Å². The standard InChI is InChI=1S/C18H24N2O5S/c19-18(22)13-6-7-16-15(12-13)20(9-10-25-16)17(21)8-11-26(23,24)14-4-2-1-3-5-14/h1-5,13,15-16H,6-12H2,(H2,19,22)/t13-,15+,16+/m0/s1. The van der Waals surface area contributed by atoms with Gasteiger partial charge in [0.15, 0.2) is 9.84 Å². The molecule has 2 N–H and O–H groups in total. The summed E-state index contributed by atoms with van der Waals surface area (Å²) in [6, 6.07) is 7.92. The van der Waals surface area contributed by atoms with E-state index in [-0.39, 0.29) is 46.9 Å². The minimum atomic E-state index is -3.50. The molecule has 1 heterocycles. The van der Waals surface area contributed by atoms with E-state index in [0.717, 1.165) is 0 Å². The first kappa shape index (κ1) is 18.8. The number of primary amides is 1. The topological polar surface area (TPSA) is 107 Å². The Hall–Kier alpha value is -1.93. The summed E-state index contributed by atoms with van der Waals surface area (Å²) in [6.45, 7) is 0.844. The summed E-state index contributed by atoms with van der Waals surface area (Å²) in [5.74, 6) is -1.06. The molecule has 2 amide bonds. The highest BCUT2D eigenvalue weighted by molar-refractivity contribution is 7.91. The molecule has 1 aromatic rings. The van der Waals surface area contributed by atoms with E-state index in [1.54, 1.807) is 23.1 Å². The quantitative estimate of drug-likeness (QED) is 0.810. The van der Waals surface area contributed by atoms with Crippen LogP contribution in [-0.2, 0) is 24.2 Å². The Labute approximate surface area is 153 Å². The summed E-state index contributed by atoms with van der Waals surface area (Å²) in [6.07, 6.45) is 1.65. The van der Waals surface area contributed by atoms with Crippen LogP contribution in [0.25, 0.3) is 0 Å². The highest BCUT2D eigenvalue weighted by Gasteiger charge is 2.41. The molecule has 8 heteroatoms. The molecular formula is C18H24N2O5S. The van der Waals surface area contributed by atoms with Crippen LogP contribution in [0, 0.1) is 5.92 Å². The second-order valence-electron chi connectivity index (χ2n) is 6.86. The molecule has 3 atom stereocenters. The molecule has 1 aliphatic carbocycles. The van der Waals surface area contributed by atoms with Crippen LogP contribution >= 0.6 is 0 Å². The normalized spacial score (nSPS) is 26.2. The molecule has 142 valence electrons. The van der Waals surface area contributed by atoms with Gasteiger partial charge in [0.2, 0.25) is 11.8 Å². The zero-order valence-corrected chi connectivity index (χ0v) is 15.4. The van der Waals surface area contributed by atoms with Gasteiger partial charge in [-0.1, -0.05) is 18.2 Å². The van der Waals surface area contributed by atoms with E-state index in [4.69, 9.17) is 10.5 Å². The number of hydrogen-bond donors (Lipinski definition) is 1. The van der Waals surface area contributed by atoms with Gasteiger partial charge in [-0.2, -0.15) is 0 Å². The van der Waals surface area contributed by atoms with Gasteiger partial charge in [0, 0.05) is 18.9 Å². The average Bonchev–Trinajstić information content (AvgIpc) is 2.66. The first-order valence-corrected chi connectivity index (χ1v) is 10.5. The first-order chi connectivity index (χ1) is 12.4. The molecule has 1 saturated heterocycles. The lowest BCUT2D eigenvalue weighted by molar-refractivity contribution is -0.153. The van der Waals surface area contributed by atoms with Gasteiger partial charge in [-0.3, -0.25) is 9.59 Å². The highest BCUT2D eigenvalue weighted by atomic mass is 32.2. The Bertz CT molecular complexity index is 765. The van der Waals surface area contributed by atoms with E-state index in [9.17, 15) is 18.0 Å². The lowest BCUT2D eigenvalue weighted by Gasteiger charge is -2.45. The Morgan fingerprint density at radius 1 is 1.19 bits per heavy atom. The molecule has 0 unspecified atom stereocenters. The number of morpholine rings is 1. The fraction of sp³-hybridized carbons (Fsp3) is 0.556. The summed E-state index contributed by atoms with van der Waals surface area (Å²) in [7, 11) is -3.50. The fourth-order valence-electron chi connectivity index (χ4n) is 3.79. The van der Waals surface area contributed by atoms with Crippen molar-refractivity contribution in [1.82, 2.24) is 4.90 Å². The van der Waals surface area contributed by atoms with Gasteiger partial charge in [-0.25, -0.2) is 8.42 Å². The third kappa shape index (κ3) is 4.07. The molecule has 0 spiro atoms. The average molecular weight is 380 g/mol. The maximum absolute atomic E-state index is 12.7. The molecule has 2 aliphatic rings. The number of ether oxygens (including phenoxy) is 1. The number of carbonyl (C=O) groups excluding carboxylic acids is 2. The molecule has 2 fully saturated rings. The first-order valence-electron chi connectivity index (χ1n) is 8.86. The molecule has 1 aliphatic heterocycles. The third-order valence-corrected chi connectivity index (χ3v) is 6.96. The van der Waals surface area contributed by atoms with Crippen LogP contribution in [-0.4, -0.2) is 56.2 Å². The third-order valence-electron chi connectivity index (χ3n) is 5.23. The maximum atomic E-state index is 12.7. The van der Waals surface area contributed by atoms with Crippen molar-refractivity contribution in [2.45, 2.75) is 42.7 Å². The number of sulfone groups is 1. The van der Waals surface area contributed by atoms with Crippen LogP contribution in [0.5, 0.6) is 0 Å². The Balaban J connectivity index is 1.66. The molecule has 0 radical (unpaired) electrons. The number of hydrogen-bond acceptors (Lipinski definition) is 5. The van der Waals surface area contributed by atoms with Gasteiger partial charge in [0.25, 0.3) is 0 Å².